The molecule has 8 nitrogen and oxygen atoms in total. The molecular formula is C17H13N3O5. The van der Waals surface area contributed by atoms with Gasteiger partial charge in [0.25, 0.3) is 11.8 Å². The van der Waals surface area contributed by atoms with Crippen molar-refractivity contribution in [1.29, 1.82) is 0 Å². The third kappa shape index (κ3) is 3.05. The second-order valence-corrected chi connectivity index (χ2v) is 5.10. The number of ether oxygens (including phenoxy) is 1. The van der Waals surface area contributed by atoms with Crippen LogP contribution in [0.5, 0.6) is 11.5 Å². The molecule has 2 heterocycles. The van der Waals surface area contributed by atoms with Crippen LogP contribution in [0.15, 0.2) is 48.3 Å². The number of phenols is 1. The Morgan fingerprint density at radius 1 is 1.24 bits per heavy atom. The zero-order valence-electron chi connectivity index (χ0n) is 13.1. The highest BCUT2D eigenvalue weighted by molar-refractivity contribution is 6.39. The standard InChI is InChI=1S/C17H13N3O5/c1-25-14-5-4-10(8-13(14)21)7-12-15(22)19-17(24)20(16(12)23)11-3-2-6-18-9-11/h2-9,21H,1H3,(H,19,22,24)/b12-7+. The molecule has 3 rings (SSSR count). The second-order valence-electron chi connectivity index (χ2n) is 5.10. The summed E-state index contributed by atoms with van der Waals surface area (Å²) in [6, 6.07) is 6.65. The van der Waals surface area contributed by atoms with E-state index in [-0.39, 0.29) is 22.8 Å². The fourth-order valence-electron chi connectivity index (χ4n) is 2.34. The molecule has 2 N–H and O–H groups in total. The number of imide groups is 2. The number of carbonyl (C=O) groups excluding carboxylic acids is 3. The molecule has 1 saturated heterocycles. The Hall–Kier alpha value is -3.68. The van der Waals surface area contributed by atoms with Crippen molar-refractivity contribution >= 4 is 29.6 Å². The number of aromatic hydroxyl groups is 1. The van der Waals surface area contributed by atoms with E-state index in [1.54, 1.807) is 12.1 Å². The molecule has 0 bridgehead atoms. The lowest BCUT2D eigenvalue weighted by Gasteiger charge is -2.26. The van der Waals surface area contributed by atoms with Crippen LogP contribution < -0.4 is 15.0 Å². The topological polar surface area (TPSA) is 109 Å². The van der Waals surface area contributed by atoms with Gasteiger partial charge in [-0.1, -0.05) is 6.07 Å². The Labute approximate surface area is 142 Å². The molecule has 0 radical (unpaired) electrons. The summed E-state index contributed by atoms with van der Waals surface area (Å²) in [5.74, 6) is -1.48. The number of nitrogens with zero attached hydrogens (tertiary/aromatic N) is 2. The minimum absolute atomic E-state index is 0.138. The van der Waals surface area contributed by atoms with E-state index in [4.69, 9.17) is 4.74 Å². The van der Waals surface area contributed by atoms with Gasteiger partial charge >= 0.3 is 6.03 Å². The first kappa shape index (κ1) is 16.2. The molecule has 1 aromatic heterocycles. The summed E-state index contributed by atoms with van der Waals surface area (Å²) in [5.41, 5.74) is 0.395. The number of methoxy groups -OCH3 is 1. The number of urea groups is 1. The lowest BCUT2D eigenvalue weighted by atomic mass is 10.1. The number of aromatic nitrogens is 1. The second kappa shape index (κ2) is 6.44. The largest absolute Gasteiger partial charge is 0.504 e. The van der Waals surface area contributed by atoms with Crippen LogP contribution in [-0.2, 0) is 9.59 Å². The van der Waals surface area contributed by atoms with Gasteiger partial charge in [-0.25, -0.2) is 9.69 Å². The maximum Gasteiger partial charge on any atom is 0.336 e. The first-order valence-corrected chi connectivity index (χ1v) is 7.19. The zero-order chi connectivity index (χ0) is 18.0. The normalized spacial score (nSPS) is 16.1. The number of phenolic OH excluding ortho intramolecular Hbond substituents is 1. The predicted molar refractivity (Wildman–Crippen MR) is 87.9 cm³/mol. The number of anilines is 1. The SMILES string of the molecule is COc1ccc(/C=C2\C(=O)NC(=O)N(c3cccnc3)C2=O)cc1O. The summed E-state index contributed by atoms with van der Waals surface area (Å²) >= 11 is 0. The molecular weight excluding hydrogens is 326 g/mol. The summed E-state index contributed by atoms with van der Waals surface area (Å²) in [7, 11) is 1.41. The molecule has 4 amide bonds. The average molecular weight is 339 g/mol. The fourth-order valence-corrected chi connectivity index (χ4v) is 2.34. The van der Waals surface area contributed by atoms with Crippen LogP contribution in [0.2, 0.25) is 0 Å². The zero-order valence-corrected chi connectivity index (χ0v) is 13.1. The van der Waals surface area contributed by atoms with Gasteiger partial charge in [-0.3, -0.25) is 19.9 Å². The maximum atomic E-state index is 12.6. The van der Waals surface area contributed by atoms with E-state index in [9.17, 15) is 19.5 Å². The van der Waals surface area contributed by atoms with Gasteiger partial charge in [0.2, 0.25) is 0 Å². The number of barbiturate groups is 1. The molecule has 0 saturated carbocycles. The number of amides is 4. The first-order valence-electron chi connectivity index (χ1n) is 7.19. The molecule has 25 heavy (non-hydrogen) atoms. The lowest BCUT2D eigenvalue weighted by molar-refractivity contribution is -0.122. The van der Waals surface area contributed by atoms with Gasteiger partial charge in [0.1, 0.15) is 5.57 Å². The summed E-state index contributed by atoms with van der Waals surface area (Å²) in [4.78, 5) is 41.4. The van der Waals surface area contributed by atoms with E-state index in [1.807, 2.05) is 0 Å². The Morgan fingerprint density at radius 3 is 2.68 bits per heavy atom. The molecule has 0 unspecified atom stereocenters. The van der Waals surface area contributed by atoms with Crippen LogP contribution in [0.25, 0.3) is 6.08 Å². The van der Waals surface area contributed by atoms with E-state index in [0.29, 0.717) is 5.56 Å². The number of hydrogen-bond donors (Lipinski definition) is 2. The van der Waals surface area contributed by atoms with Crippen molar-refractivity contribution in [2.75, 3.05) is 12.0 Å². The third-order valence-corrected chi connectivity index (χ3v) is 3.52. The highest BCUT2D eigenvalue weighted by Gasteiger charge is 2.36. The molecule has 1 aromatic carbocycles. The average Bonchev–Trinajstić information content (AvgIpc) is 2.59. The number of benzene rings is 1. The van der Waals surface area contributed by atoms with Crippen molar-refractivity contribution in [2.24, 2.45) is 0 Å². The minimum atomic E-state index is -0.849. The van der Waals surface area contributed by atoms with Crippen molar-refractivity contribution in [3.63, 3.8) is 0 Å². The smallest absolute Gasteiger partial charge is 0.336 e. The Bertz CT molecular complexity index is 892. The molecule has 2 aromatic rings. The van der Waals surface area contributed by atoms with Crippen molar-refractivity contribution in [3.05, 3.63) is 53.9 Å². The van der Waals surface area contributed by atoms with Gasteiger partial charge in [-0.15, -0.1) is 0 Å². The van der Waals surface area contributed by atoms with Gasteiger partial charge in [0, 0.05) is 6.20 Å². The van der Waals surface area contributed by atoms with E-state index in [2.05, 4.69) is 10.3 Å². The number of hydrogen-bond acceptors (Lipinski definition) is 6. The van der Waals surface area contributed by atoms with Gasteiger partial charge < -0.3 is 9.84 Å². The molecule has 8 heteroatoms. The minimum Gasteiger partial charge on any atom is -0.504 e. The van der Waals surface area contributed by atoms with Crippen molar-refractivity contribution in [1.82, 2.24) is 10.3 Å². The predicted octanol–water partition coefficient (Wildman–Crippen LogP) is 1.46. The van der Waals surface area contributed by atoms with Crippen molar-refractivity contribution in [2.45, 2.75) is 0 Å². The number of rotatable bonds is 3. The molecule has 1 aliphatic rings. The summed E-state index contributed by atoms with van der Waals surface area (Å²) in [6.07, 6.45) is 4.12. The van der Waals surface area contributed by atoms with Crippen LogP contribution in [0.1, 0.15) is 5.56 Å². The fraction of sp³-hybridized carbons (Fsp3) is 0.0588. The Kier molecular flexibility index (Phi) is 4.17. The molecule has 1 fully saturated rings. The van der Waals surface area contributed by atoms with Gasteiger partial charge in [0.15, 0.2) is 11.5 Å². The van der Waals surface area contributed by atoms with E-state index < -0.39 is 17.8 Å². The van der Waals surface area contributed by atoms with Gasteiger partial charge in [-0.2, -0.15) is 0 Å². The van der Waals surface area contributed by atoms with Crippen molar-refractivity contribution < 1.29 is 24.2 Å². The molecule has 0 atom stereocenters. The molecule has 0 spiro atoms. The maximum absolute atomic E-state index is 12.6. The summed E-state index contributed by atoms with van der Waals surface area (Å²) < 4.78 is 4.94. The number of pyridine rings is 1. The van der Waals surface area contributed by atoms with E-state index in [1.165, 1.54) is 43.8 Å². The molecule has 1 aliphatic heterocycles. The van der Waals surface area contributed by atoms with Gasteiger partial charge in [0.05, 0.1) is 19.0 Å². The number of carbonyl (C=O) groups is 3. The van der Waals surface area contributed by atoms with Gasteiger partial charge in [-0.05, 0) is 35.9 Å². The van der Waals surface area contributed by atoms with Crippen LogP contribution in [-0.4, -0.2) is 35.0 Å². The number of nitrogens with one attached hydrogen (secondary N) is 1. The van der Waals surface area contributed by atoms with Crippen LogP contribution in [0.4, 0.5) is 10.5 Å². The molecule has 126 valence electrons. The van der Waals surface area contributed by atoms with Crippen LogP contribution in [0.3, 0.4) is 0 Å². The monoisotopic (exact) mass is 339 g/mol. The highest BCUT2D eigenvalue weighted by Crippen LogP contribution is 2.28. The molecule has 0 aliphatic carbocycles. The third-order valence-electron chi connectivity index (χ3n) is 3.52. The van der Waals surface area contributed by atoms with Crippen LogP contribution in [0, 0.1) is 0 Å². The Morgan fingerprint density at radius 2 is 2.04 bits per heavy atom. The van der Waals surface area contributed by atoms with E-state index in [0.717, 1.165) is 4.90 Å². The first-order chi connectivity index (χ1) is 12.0. The highest BCUT2D eigenvalue weighted by atomic mass is 16.5. The lowest BCUT2D eigenvalue weighted by Crippen LogP contribution is -2.54. The quantitative estimate of drug-likeness (QED) is 0.647. The summed E-state index contributed by atoms with van der Waals surface area (Å²) in [5, 5.41) is 11.9. The van der Waals surface area contributed by atoms with Crippen molar-refractivity contribution in [3.8, 4) is 11.5 Å². The van der Waals surface area contributed by atoms with Crippen LogP contribution >= 0.6 is 0 Å². The Balaban J connectivity index is 2.00. The van der Waals surface area contributed by atoms with E-state index >= 15 is 0 Å². The summed E-state index contributed by atoms with van der Waals surface area (Å²) in [6.45, 7) is 0.